The molecule has 1 heterocycles. The van der Waals surface area contributed by atoms with Gasteiger partial charge in [-0.25, -0.2) is 4.68 Å². The number of halogens is 1. The average molecular weight is 230 g/mol. The van der Waals surface area contributed by atoms with Crippen molar-refractivity contribution < 1.29 is 0 Å². The summed E-state index contributed by atoms with van der Waals surface area (Å²) in [5.41, 5.74) is 5.83. The summed E-state index contributed by atoms with van der Waals surface area (Å²) in [6, 6.07) is 0.524. The van der Waals surface area contributed by atoms with Gasteiger partial charge in [0, 0.05) is 0 Å². The molecule has 0 aromatic carbocycles. The summed E-state index contributed by atoms with van der Waals surface area (Å²) in [7, 11) is 0. The van der Waals surface area contributed by atoms with Gasteiger partial charge in [0.1, 0.15) is 5.82 Å². The van der Waals surface area contributed by atoms with Gasteiger partial charge in [0.05, 0.1) is 16.7 Å². The van der Waals surface area contributed by atoms with E-state index in [4.69, 9.17) is 5.73 Å². The summed E-state index contributed by atoms with van der Waals surface area (Å²) < 4.78 is 2.83. The van der Waals surface area contributed by atoms with E-state index in [0.29, 0.717) is 6.04 Å². The van der Waals surface area contributed by atoms with Crippen LogP contribution in [0.15, 0.2) is 10.7 Å². The number of nitrogens with zero attached hydrogens (tertiary/aromatic N) is 2. The maximum atomic E-state index is 5.83. The fourth-order valence-corrected chi connectivity index (χ4v) is 1.90. The van der Waals surface area contributed by atoms with Gasteiger partial charge in [-0.1, -0.05) is 6.92 Å². The molecule has 1 fully saturated rings. The molecule has 0 bridgehead atoms. The molecule has 2 atom stereocenters. The Labute approximate surface area is 80.1 Å². The van der Waals surface area contributed by atoms with Crippen molar-refractivity contribution in [2.75, 3.05) is 5.73 Å². The maximum Gasteiger partial charge on any atom is 0.136 e. The minimum atomic E-state index is 0.524. The first-order chi connectivity index (χ1) is 5.70. The van der Waals surface area contributed by atoms with Crippen molar-refractivity contribution >= 4 is 21.7 Å². The summed E-state index contributed by atoms with van der Waals surface area (Å²) in [4.78, 5) is 0. The first-order valence-electron chi connectivity index (χ1n) is 4.18. The Morgan fingerprint density at radius 3 is 2.75 bits per heavy atom. The first kappa shape index (κ1) is 8.10. The molecule has 12 heavy (non-hydrogen) atoms. The third kappa shape index (κ3) is 1.05. The molecular weight excluding hydrogens is 218 g/mol. The van der Waals surface area contributed by atoms with Crippen LogP contribution in [-0.2, 0) is 0 Å². The van der Waals surface area contributed by atoms with Crippen molar-refractivity contribution in [1.29, 1.82) is 0 Å². The maximum absolute atomic E-state index is 5.83. The van der Waals surface area contributed by atoms with Crippen LogP contribution in [0.3, 0.4) is 0 Å². The van der Waals surface area contributed by atoms with Crippen molar-refractivity contribution in [3.8, 4) is 0 Å². The minimum Gasteiger partial charge on any atom is -0.383 e. The number of anilines is 1. The zero-order valence-corrected chi connectivity index (χ0v) is 8.58. The van der Waals surface area contributed by atoms with Gasteiger partial charge in [0.15, 0.2) is 0 Å². The van der Waals surface area contributed by atoms with Crippen LogP contribution in [0, 0.1) is 5.92 Å². The second-order valence-corrected chi connectivity index (χ2v) is 4.30. The van der Waals surface area contributed by atoms with Gasteiger partial charge >= 0.3 is 0 Å². The predicted molar refractivity (Wildman–Crippen MR) is 51.8 cm³/mol. The molecule has 1 aromatic rings. The molecule has 2 rings (SSSR count). The van der Waals surface area contributed by atoms with Crippen LogP contribution < -0.4 is 5.73 Å². The molecule has 1 aromatic heterocycles. The van der Waals surface area contributed by atoms with Gasteiger partial charge in [-0.2, -0.15) is 5.10 Å². The lowest BCUT2D eigenvalue weighted by Crippen LogP contribution is -2.28. The van der Waals surface area contributed by atoms with Crippen LogP contribution in [0.25, 0.3) is 0 Å². The first-order valence-corrected chi connectivity index (χ1v) is 4.98. The Morgan fingerprint density at radius 2 is 2.42 bits per heavy atom. The minimum absolute atomic E-state index is 0.524. The monoisotopic (exact) mass is 229 g/mol. The van der Waals surface area contributed by atoms with E-state index in [-0.39, 0.29) is 0 Å². The predicted octanol–water partition coefficient (Wildman–Crippen LogP) is 2.20. The molecular formula is C8H12BrN3. The van der Waals surface area contributed by atoms with Crippen LogP contribution in [0.4, 0.5) is 5.82 Å². The lowest BCUT2D eigenvalue weighted by atomic mass is 9.81. The van der Waals surface area contributed by atoms with Crippen molar-refractivity contribution in [2.24, 2.45) is 5.92 Å². The number of rotatable bonds is 1. The zero-order chi connectivity index (χ0) is 8.72. The van der Waals surface area contributed by atoms with Gasteiger partial charge in [-0.15, -0.1) is 0 Å². The Kier molecular flexibility index (Phi) is 1.87. The number of hydrogen-bond acceptors (Lipinski definition) is 2. The van der Waals surface area contributed by atoms with Gasteiger partial charge in [-0.05, 0) is 34.7 Å². The van der Waals surface area contributed by atoms with E-state index in [0.717, 1.165) is 16.2 Å². The highest BCUT2D eigenvalue weighted by Crippen LogP contribution is 2.39. The highest BCUT2D eigenvalue weighted by atomic mass is 79.9. The third-order valence-electron chi connectivity index (χ3n) is 2.68. The van der Waals surface area contributed by atoms with Crippen LogP contribution in [-0.4, -0.2) is 9.78 Å². The fraction of sp³-hybridized carbons (Fsp3) is 0.625. The van der Waals surface area contributed by atoms with E-state index in [1.165, 1.54) is 12.8 Å². The largest absolute Gasteiger partial charge is 0.383 e. The molecule has 0 aliphatic heterocycles. The highest BCUT2D eigenvalue weighted by molar-refractivity contribution is 9.10. The molecule has 1 aliphatic carbocycles. The van der Waals surface area contributed by atoms with Gasteiger partial charge in [0.2, 0.25) is 0 Å². The quantitative estimate of drug-likeness (QED) is 0.803. The summed E-state index contributed by atoms with van der Waals surface area (Å²) >= 11 is 3.35. The normalized spacial score (nSPS) is 28.5. The molecule has 0 radical (unpaired) electrons. The van der Waals surface area contributed by atoms with E-state index in [1.54, 1.807) is 6.20 Å². The highest BCUT2D eigenvalue weighted by Gasteiger charge is 2.30. The van der Waals surface area contributed by atoms with Crippen LogP contribution in [0.5, 0.6) is 0 Å². The molecule has 2 unspecified atom stereocenters. The van der Waals surface area contributed by atoms with Crippen LogP contribution >= 0.6 is 15.9 Å². The summed E-state index contributed by atoms with van der Waals surface area (Å²) in [5, 5.41) is 4.23. The molecule has 66 valence electrons. The van der Waals surface area contributed by atoms with Crippen molar-refractivity contribution in [1.82, 2.24) is 9.78 Å². The number of hydrogen-bond donors (Lipinski definition) is 1. The molecule has 2 N–H and O–H groups in total. The molecule has 1 saturated carbocycles. The number of nitrogens with two attached hydrogens (primary N) is 1. The molecule has 0 saturated heterocycles. The van der Waals surface area contributed by atoms with Crippen molar-refractivity contribution in [2.45, 2.75) is 25.8 Å². The standard InChI is InChI=1S/C8H12BrN3/c1-5-2-3-7(5)12-8(10)6(9)4-11-12/h4-5,7H,2-3,10H2,1H3. The molecule has 0 amide bonds. The SMILES string of the molecule is CC1CCC1n1ncc(Br)c1N. The summed E-state index contributed by atoms with van der Waals surface area (Å²) in [5.74, 6) is 1.48. The van der Waals surface area contributed by atoms with Crippen LogP contribution in [0.1, 0.15) is 25.8 Å². The number of nitrogen functional groups attached to an aromatic ring is 1. The van der Waals surface area contributed by atoms with Gasteiger partial charge < -0.3 is 5.73 Å². The van der Waals surface area contributed by atoms with E-state index in [1.807, 2.05) is 4.68 Å². The lowest BCUT2D eigenvalue weighted by Gasteiger charge is -2.34. The van der Waals surface area contributed by atoms with E-state index in [9.17, 15) is 0 Å². The molecule has 0 spiro atoms. The topological polar surface area (TPSA) is 43.8 Å². The second kappa shape index (κ2) is 2.76. The Morgan fingerprint density at radius 1 is 1.67 bits per heavy atom. The van der Waals surface area contributed by atoms with E-state index >= 15 is 0 Å². The number of aromatic nitrogens is 2. The third-order valence-corrected chi connectivity index (χ3v) is 3.29. The Hall–Kier alpha value is -0.510. The van der Waals surface area contributed by atoms with Gasteiger partial charge in [-0.3, -0.25) is 0 Å². The van der Waals surface area contributed by atoms with E-state index in [2.05, 4.69) is 28.0 Å². The Bertz CT molecular complexity index is 294. The zero-order valence-electron chi connectivity index (χ0n) is 7.00. The van der Waals surface area contributed by atoms with Crippen molar-refractivity contribution in [3.63, 3.8) is 0 Å². The summed E-state index contributed by atoms with van der Waals surface area (Å²) in [6.45, 7) is 2.24. The average Bonchev–Trinajstić information content (AvgIpc) is 2.34. The van der Waals surface area contributed by atoms with Gasteiger partial charge in [0.25, 0.3) is 0 Å². The summed E-state index contributed by atoms with van der Waals surface area (Å²) in [6.07, 6.45) is 4.27. The molecule has 1 aliphatic rings. The Balaban J connectivity index is 2.28. The fourth-order valence-electron chi connectivity index (χ4n) is 1.63. The van der Waals surface area contributed by atoms with Crippen molar-refractivity contribution in [3.05, 3.63) is 10.7 Å². The molecule has 4 heteroatoms. The van der Waals surface area contributed by atoms with E-state index < -0.39 is 0 Å². The smallest absolute Gasteiger partial charge is 0.136 e. The van der Waals surface area contributed by atoms with Crippen LogP contribution in [0.2, 0.25) is 0 Å². The lowest BCUT2D eigenvalue weighted by molar-refractivity contribution is 0.188. The molecule has 3 nitrogen and oxygen atoms in total. The second-order valence-electron chi connectivity index (χ2n) is 3.44.